The third kappa shape index (κ3) is 2.38. The van der Waals surface area contributed by atoms with Gasteiger partial charge in [0.25, 0.3) is 5.91 Å². The molecular weight excluding hydrogens is 238 g/mol. The number of carbonyl (C=O) groups is 1. The molecule has 19 heavy (non-hydrogen) atoms. The van der Waals surface area contributed by atoms with E-state index in [-0.39, 0.29) is 5.91 Å². The summed E-state index contributed by atoms with van der Waals surface area (Å²) in [6.07, 6.45) is 5.01. The number of aromatic nitrogens is 1. The largest absolute Gasteiger partial charge is 0.272 e. The van der Waals surface area contributed by atoms with E-state index in [1.54, 1.807) is 18.3 Å². The molecule has 0 aliphatic heterocycles. The zero-order chi connectivity index (χ0) is 13.1. The maximum atomic E-state index is 11.9. The van der Waals surface area contributed by atoms with Crippen LogP contribution in [0.4, 0.5) is 0 Å². The number of hydrogen-bond acceptors (Lipinski definition) is 3. The summed E-state index contributed by atoms with van der Waals surface area (Å²) in [5.41, 5.74) is 6.46. The molecule has 0 unspecified atom stereocenters. The van der Waals surface area contributed by atoms with E-state index in [1.807, 2.05) is 18.2 Å². The molecule has 0 saturated heterocycles. The summed E-state index contributed by atoms with van der Waals surface area (Å²) in [4.78, 5) is 15.8. The summed E-state index contributed by atoms with van der Waals surface area (Å²) in [7, 11) is 0. The standard InChI is InChI=1S/C15H13N3O/c19-15(12-5-3-9-16-10-12)18-17-14-8-7-11-4-1-2-6-13(11)14/h1-6,9-10H,7-8H2,(H,18,19)/b17-14-. The number of hydrogen-bond donors (Lipinski definition) is 1. The topological polar surface area (TPSA) is 54.4 Å². The summed E-state index contributed by atoms with van der Waals surface area (Å²) >= 11 is 0. The monoisotopic (exact) mass is 251 g/mol. The fourth-order valence-corrected chi connectivity index (χ4v) is 2.20. The van der Waals surface area contributed by atoms with Gasteiger partial charge in [0, 0.05) is 18.0 Å². The quantitative estimate of drug-likeness (QED) is 0.831. The number of pyridine rings is 1. The Bertz CT molecular complexity index is 635. The van der Waals surface area contributed by atoms with Crippen LogP contribution in [-0.4, -0.2) is 16.6 Å². The third-order valence-corrected chi connectivity index (χ3v) is 3.18. The van der Waals surface area contributed by atoms with Gasteiger partial charge in [-0.05, 0) is 30.5 Å². The van der Waals surface area contributed by atoms with E-state index in [9.17, 15) is 4.79 Å². The minimum absolute atomic E-state index is 0.231. The lowest BCUT2D eigenvalue weighted by Crippen LogP contribution is -2.19. The van der Waals surface area contributed by atoms with Gasteiger partial charge in [-0.1, -0.05) is 24.3 Å². The second kappa shape index (κ2) is 5.02. The number of rotatable bonds is 2. The van der Waals surface area contributed by atoms with Crippen LogP contribution in [0.3, 0.4) is 0 Å². The van der Waals surface area contributed by atoms with Crippen LogP contribution < -0.4 is 5.43 Å². The Morgan fingerprint density at radius 2 is 2.05 bits per heavy atom. The minimum atomic E-state index is -0.231. The molecule has 3 rings (SSSR count). The highest BCUT2D eigenvalue weighted by molar-refractivity contribution is 6.05. The molecular formula is C15H13N3O. The maximum Gasteiger partial charge on any atom is 0.272 e. The van der Waals surface area contributed by atoms with Crippen LogP contribution in [0, 0.1) is 0 Å². The van der Waals surface area contributed by atoms with Crippen LogP contribution in [0.1, 0.15) is 27.9 Å². The number of fused-ring (bicyclic) bond motifs is 1. The molecule has 4 heteroatoms. The van der Waals surface area contributed by atoms with Crippen LogP contribution in [0.25, 0.3) is 0 Å². The fraction of sp³-hybridized carbons (Fsp3) is 0.133. The van der Waals surface area contributed by atoms with Crippen molar-refractivity contribution in [3.63, 3.8) is 0 Å². The Morgan fingerprint density at radius 1 is 1.16 bits per heavy atom. The van der Waals surface area contributed by atoms with E-state index in [1.165, 1.54) is 11.8 Å². The Labute approximate surface area is 111 Å². The Morgan fingerprint density at radius 3 is 2.89 bits per heavy atom. The summed E-state index contributed by atoms with van der Waals surface area (Å²) in [6, 6.07) is 11.6. The fourth-order valence-electron chi connectivity index (χ4n) is 2.20. The van der Waals surface area contributed by atoms with Crippen LogP contribution in [-0.2, 0) is 6.42 Å². The van der Waals surface area contributed by atoms with Gasteiger partial charge in [-0.15, -0.1) is 0 Å². The number of aryl methyl sites for hydroxylation is 1. The van der Waals surface area contributed by atoms with Gasteiger partial charge in [-0.25, -0.2) is 5.43 Å². The lowest BCUT2D eigenvalue weighted by atomic mass is 10.1. The van der Waals surface area contributed by atoms with Crippen molar-refractivity contribution in [2.45, 2.75) is 12.8 Å². The molecule has 0 radical (unpaired) electrons. The van der Waals surface area contributed by atoms with Crippen molar-refractivity contribution in [2.75, 3.05) is 0 Å². The number of benzene rings is 1. The van der Waals surface area contributed by atoms with Gasteiger partial charge in [-0.3, -0.25) is 9.78 Å². The second-order valence-electron chi connectivity index (χ2n) is 4.40. The van der Waals surface area contributed by atoms with Gasteiger partial charge in [-0.2, -0.15) is 5.10 Å². The molecule has 0 bridgehead atoms. The van der Waals surface area contributed by atoms with Crippen molar-refractivity contribution in [3.8, 4) is 0 Å². The summed E-state index contributed by atoms with van der Waals surface area (Å²) in [5.74, 6) is -0.231. The SMILES string of the molecule is O=C(N/N=C1/CCc2ccccc21)c1cccnc1. The predicted octanol–water partition coefficient (Wildman–Crippen LogP) is 2.16. The molecule has 0 saturated carbocycles. The highest BCUT2D eigenvalue weighted by Gasteiger charge is 2.17. The highest BCUT2D eigenvalue weighted by atomic mass is 16.2. The van der Waals surface area contributed by atoms with Crippen LogP contribution >= 0.6 is 0 Å². The molecule has 2 aromatic rings. The molecule has 0 atom stereocenters. The molecule has 1 amide bonds. The second-order valence-corrected chi connectivity index (χ2v) is 4.40. The third-order valence-electron chi connectivity index (χ3n) is 3.18. The molecule has 1 aromatic heterocycles. The van der Waals surface area contributed by atoms with Gasteiger partial charge < -0.3 is 0 Å². The number of hydrazone groups is 1. The molecule has 1 N–H and O–H groups in total. The number of nitrogens with one attached hydrogen (secondary N) is 1. The first-order valence-electron chi connectivity index (χ1n) is 6.20. The Hall–Kier alpha value is -2.49. The molecule has 94 valence electrons. The van der Waals surface area contributed by atoms with Crippen LogP contribution in [0.15, 0.2) is 53.9 Å². The first-order valence-corrected chi connectivity index (χ1v) is 6.20. The van der Waals surface area contributed by atoms with E-state index >= 15 is 0 Å². The molecule has 0 spiro atoms. The van der Waals surface area contributed by atoms with Crippen molar-refractivity contribution in [1.29, 1.82) is 0 Å². The summed E-state index contributed by atoms with van der Waals surface area (Å²) in [6.45, 7) is 0. The van der Waals surface area contributed by atoms with E-state index in [0.29, 0.717) is 5.56 Å². The van der Waals surface area contributed by atoms with Gasteiger partial charge in [0.2, 0.25) is 0 Å². The van der Waals surface area contributed by atoms with Crippen molar-refractivity contribution in [1.82, 2.24) is 10.4 Å². The van der Waals surface area contributed by atoms with Crippen LogP contribution in [0.2, 0.25) is 0 Å². The van der Waals surface area contributed by atoms with Crippen molar-refractivity contribution < 1.29 is 4.79 Å². The summed E-state index contributed by atoms with van der Waals surface area (Å²) in [5, 5.41) is 4.23. The van der Waals surface area contributed by atoms with Gasteiger partial charge in [0.1, 0.15) is 0 Å². The van der Waals surface area contributed by atoms with Crippen LogP contribution in [0.5, 0.6) is 0 Å². The normalized spacial score (nSPS) is 15.3. The molecule has 1 heterocycles. The molecule has 0 fully saturated rings. The first kappa shape index (κ1) is 11.6. The van der Waals surface area contributed by atoms with Gasteiger partial charge in [0.15, 0.2) is 0 Å². The van der Waals surface area contributed by atoms with E-state index in [4.69, 9.17) is 0 Å². The predicted molar refractivity (Wildman–Crippen MR) is 73.0 cm³/mol. The van der Waals surface area contributed by atoms with E-state index in [2.05, 4.69) is 21.6 Å². The Balaban J connectivity index is 1.77. The zero-order valence-corrected chi connectivity index (χ0v) is 10.3. The van der Waals surface area contributed by atoms with Crippen molar-refractivity contribution in [2.24, 2.45) is 5.10 Å². The minimum Gasteiger partial charge on any atom is -0.267 e. The molecule has 1 aliphatic rings. The zero-order valence-electron chi connectivity index (χ0n) is 10.3. The first-order chi connectivity index (χ1) is 9.34. The lowest BCUT2D eigenvalue weighted by molar-refractivity contribution is 0.0954. The molecule has 1 aromatic carbocycles. The van der Waals surface area contributed by atoms with Crippen molar-refractivity contribution in [3.05, 3.63) is 65.5 Å². The van der Waals surface area contributed by atoms with Gasteiger partial charge in [0.05, 0.1) is 11.3 Å². The average molecular weight is 251 g/mol. The highest BCUT2D eigenvalue weighted by Crippen LogP contribution is 2.21. The van der Waals surface area contributed by atoms with Crippen molar-refractivity contribution >= 4 is 11.6 Å². The smallest absolute Gasteiger partial charge is 0.267 e. The molecule has 4 nitrogen and oxygen atoms in total. The number of amides is 1. The van der Waals surface area contributed by atoms with E-state index in [0.717, 1.165) is 24.1 Å². The lowest BCUT2D eigenvalue weighted by Gasteiger charge is -2.02. The molecule has 1 aliphatic carbocycles. The average Bonchev–Trinajstić information content (AvgIpc) is 2.89. The maximum absolute atomic E-state index is 11.9. The number of carbonyl (C=O) groups excluding carboxylic acids is 1. The van der Waals surface area contributed by atoms with E-state index < -0.39 is 0 Å². The number of nitrogens with zero attached hydrogens (tertiary/aromatic N) is 2. The van der Waals surface area contributed by atoms with Gasteiger partial charge >= 0.3 is 0 Å². The summed E-state index contributed by atoms with van der Waals surface area (Å²) < 4.78 is 0. The Kier molecular flexibility index (Phi) is 3.06.